The normalized spacial score (nSPS) is 10.7. The quantitative estimate of drug-likeness (QED) is 0.516. The van der Waals surface area contributed by atoms with Crippen molar-refractivity contribution in [2.24, 2.45) is 0 Å². The Hall–Kier alpha value is -2.92. The Morgan fingerprint density at radius 3 is 2.46 bits per heavy atom. The average Bonchev–Trinajstić information content (AvgIpc) is 2.73. The number of hydrogen-bond acceptors (Lipinski definition) is 4. The molecule has 0 unspecified atom stereocenters. The van der Waals surface area contributed by atoms with Crippen LogP contribution in [-0.4, -0.2) is 18.9 Å². The molecule has 3 aromatic rings. The fourth-order valence-electron chi connectivity index (χ4n) is 2.98. The molecule has 2 aromatic carbocycles. The van der Waals surface area contributed by atoms with E-state index in [2.05, 4.69) is 4.98 Å². The minimum Gasteiger partial charge on any atom is -0.486 e. The Balaban J connectivity index is 1.74. The molecule has 0 radical (unpaired) electrons. The molecule has 0 N–H and O–H groups in total. The maximum atomic E-state index is 14.9. The maximum absolute atomic E-state index is 14.9. The van der Waals surface area contributed by atoms with Gasteiger partial charge < -0.3 is 14.2 Å². The van der Waals surface area contributed by atoms with Gasteiger partial charge in [0, 0.05) is 19.2 Å². The van der Waals surface area contributed by atoms with Crippen molar-refractivity contribution in [2.45, 2.75) is 26.9 Å². The lowest BCUT2D eigenvalue weighted by Gasteiger charge is -2.15. The Morgan fingerprint density at radius 1 is 1.00 bits per heavy atom. The molecule has 0 atom stereocenters. The molecule has 0 fully saturated rings. The van der Waals surface area contributed by atoms with Gasteiger partial charge in [0.1, 0.15) is 12.4 Å². The molecule has 1 heterocycles. The third-order valence-corrected chi connectivity index (χ3v) is 4.56. The molecule has 0 amide bonds. The first-order chi connectivity index (χ1) is 13.6. The molecule has 28 heavy (non-hydrogen) atoms. The number of aromatic nitrogens is 1. The van der Waals surface area contributed by atoms with Crippen LogP contribution in [-0.2, 0) is 17.8 Å². The third-order valence-electron chi connectivity index (χ3n) is 4.56. The summed E-state index contributed by atoms with van der Waals surface area (Å²) in [4.78, 5) is 4.40. The monoisotopic (exact) mass is 381 g/mol. The minimum atomic E-state index is -0.323. The van der Waals surface area contributed by atoms with E-state index in [0.29, 0.717) is 24.3 Å². The molecular formula is C23H24FNO3. The summed E-state index contributed by atoms with van der Waals surface area (Å²) >= 11 is 0. The van der Waals surface area contributed by atoms with E-state index in [9.17, 15) is 4.39 Å². The van der Waals surface area contributed by atoms with Gasteiger partial charge in [0.2, 0.25) is 0 Å². The van der Waals surface area contributed by atoms with Crippen LogP contribution in [0.3, 0.4) is 0 Å². The van der Waals surface area contributed by atoms with Gasteiger partial charge in [0.05, 0.1) is 6.20 Å². The second-order valence-corrected chi connectivity index (χ2v) is 6.60. The Kier molecular flexibility index (Phi) is 6.61. The van der Waals surface area contributed by atoms with Gasteiger partial charge in [-0.15, -0.1) is 0 Å². The van der Waals surface area contributed by atoms with Crippen molar-refractivity contribution in [1.82, 2.24) is 4.98 Å². The van der Waals surface area contributed by atoms with Crippen LogP contribution in [0.25, 0.3) is 0 Å². The topological polar surface area (TPSA) is 40.6 Å². The fraction of sp³-hybridized carbons (Fsp3) is 0.261. The van der Waals surface area contributed by atoms with Crippen LogP contribution in [0.4, 0.5) is 4.39 Å². The third kappa shape index (κ3) is 4.87. The summed E-state index contributed by atoms with van der Waals surface area (Å²) < 4.78 is 30.8. The van der Waals surface area contributed by atoms with E-state index in [-0.39, 0.29) is 18.4 Å². The molecule has 0 aliphatic rings. The molecule has 0 aliphatic heterocycles. The number of nitrogens with zero attached hydrogens (tertiary/aromatic N) is 1. The summed E-state index contributed by atoms with van der Waals surface area (Å²) in [6.45, 7) is 4.26. The van der Waals surface area contributed by atoms with Crippen LogP contribution in [0.2, 0.25) is 0 Å². The van der Waals surface area contributed by atoms with Crippen molar-refractivity contribution in [1.29, 1.82) is 0 Å². The molecule has 3 rings (SSSR count). The number of halogens is 1. The van der Waals surface area contributed by atoms with Gasteiger partial charge in [-0.25, -0.2) is 4.39 Å². The van der Waals surface area contributed by atoms with Gasteiger partial charge in [-0.1, -0.05) is 30.3 Å². The highest BCUT2D eigenvalue weighted by atomic mass is 19.1. The average molecular weight is 381 g/mol. The number of ether oxygens (including phenoxy) is 3. The number of hydrogen-bond donors (Lipinski definition) is 0. The van der Waals surface area contributed by atoms with Crippen molar-refractivity contribution < 1.29 is 18.6 Å². The first kappa shape index (κ1) is 19.8. The van der Waals surface area contributed by atoms with Crippen molar-refractivity contribution in [2.75, 3.05) is 13.9 Å². The summed E-state index contributed by atoms with van der Waals surface area (Å²) in [6.07, 6.45) is 2.19. The van der Waals surface area contributed by atoms with Crippen LogP contribution in [0, 0.1) is 19.7 Å². The second kappa shape index (κ2) is 9.33. The van der Waals surface area contributed by atoms with E-state index < -0.39 is 0 Å². The zero-order valence-corrected chi connectivity index (χ0v) is 16.4. The summed E-state index contributed by atoms with van der Waals surface area (Å²) in [5.74, 6) is 0.588. The van der Waals surface area contributed by atoms with Crippen LogP contribution in [0.1, 0.15) is 27.9 Å². The lowest BCUT2D eigenvalue weighted by molar-refractivity contribution is 0.0508. The fourth-order valence-corrected chi connectivity index (χ4v) is 2.98. The molecule has 4 nitrogen and oxygen atoms in total. The number of methoxy groups -OCH3 is 1. The first-order valence-corrected chi connectivity index (χ1v) is 9.10. The second-order valence-electron chi connectivity index (χ2n) is 6.60. The van der Waals surface area contributed by atoms with Gasteiger partial charge in [0.25, 0.3) is 0 Å². The smallest absolute Gasteiger partial charge is 0.188 e. The lowest BCUT2D eigenvalue weighted by Crippen LogP contribution is -2.05. The number of benzene rings is 2. The van der Waals surface area contributed by atoms with Gasteiger partial charge in [-0.05, 0) is 54.3 Å². The van der Waals surface area contributed by atoms with Gasteiger partial charge in [0.15, 0.2) is 18.4 Å². The zero-order valence-electron chi connectivity index (χ0n) is 16.4. The number of rotatable bonds is 8. The molecule has 5 heteroatoms. The molecule has 0 saturated heterocycles. The molecule has 0 spiro atoms. The van der Waals surface area contributed by atoms with Crippen LogP contribution in [0.15, 0.2) is 54.7 Å². The molecule has 0 saturated carbocycles. The highest BCUT2D eigenvalue weighted by molar-refractivity contribution is 5.44. The molecular weight excluding hydrogens is 357 g/mol. The molecule has 1 aromatic heterocycles. The highest BCUT2D eigenvalue weighted by Crippen LogP contribution is 2.29. The molecule has 146 valence electrons. The summed E-state index contributed by atoms with van der Waals surface area (Å²) in [6, 6.07) is 15.2. The summed E-state index contributed by atoms with van der Waals surface area (Å²) in [5.41, 5.74) is 4.32. The van der Waals surface area contributed by atoms with Gasteiger partial charge >= 0.3 is 0 Å². The minimum absolute atomic E-state index is 0.175. The standard InChI is InChI=1S/C23H24FNO3/c1-16-11-22(27-14-18-7-5-4-6-8-18)23(24)17(2)21(16)12-19-9-10-20(13-25-19)28-15-26-3/h4-11,13H,12,14-15H2,1-3H3. The first-order valence-electron chi connectivity index (χ1n) is 9.10. The zero-order chi connectivity index (χ0) is 19.9. The maximum Gasteiger partial charge on any atom is 0.188 e. The van der Waals surface area contributed by atoms with Crippen LogP contribution in [0.5, 0.6) is 11.5 Å². The summed E-state index contributed by atoms with van der Waals surface area (Å²) in [7, 11) is 1.56. The van der Waals surface area contributed by atoms with Crippen molar-refractivity contribution in [3.05, 3.63) is 88.5 Å². The van der Waals surface area contributed by atoms with Crippen LogP contribution < -0.4 is 9.47 Å². The van der Waals surface area contributed by atoms with Gasteiger partial charge in [-0.2, -0.15) is 0 Å². The van der Waals surface area contributed by atoms with Crippen molar-refractivity contribution in [3.8, 4) is 11.5 Å². The molecule has 0 aliphatic carbocycles. The number of aryl methyl sites for hydroxylation is 1. The van der Waals surface area contributed by atoms with E-state index in [4.69, 9.17) is 14.2 Å². The van der Waals surface area contributed by atoms with E-state index in [1.807, 2.05) is 49.4 Å². The van der Waals surface area contributed by atoms with E-state index in [0.717, 1.165) is 22.4 Å². The van der Waals surface area contributed by atoms with E-state index in [1.54, 1.807) is 26.3 Å². The van der Waals surface area contributed by atoms with Crippen molar-refractivity contribution in [3.63, 3.8) is 0 Å². The van der Waals surface area contributed by atoms with E-state index in [1.165, 1.54) is 0 Å². The predicted octanol–water partition coefficient (Wildman–Crippen LogP) is 4.99. The van der Waals surface area contributed by atoms with Crippen LogP contribution >= 0.6 is 0 Å². The number of pyridine rings is 1. The summed E-state index contributed by atoms with van der Waals surface area (Å²) in [5, 5.41) is 0. The largest absolute Gasteiger partial charge is 0.486 e. The Bertz CT molecular complexity index is 911. The SMILES string of the molecule is COCOc1ccc(Cc2c(C)cc(OCc3ccccc3)c(F)c2C)nc1. The van der Waals surface area contributed by atoms with Crippen molar-refractivity contribution >= 4 is 0 Å². The molecule has 0 bridgehead atoms. The van der Waals surface area contributed by atoms with E-state index >= 15 is 0 Å². The highest BCUT2D eigenvalue weighted by Gasteiger charge is 2.15. The predicted molar refractivity (Wildman–Crippen MR) is 106 cm³/mol. The Labute approximate surface area is 164 Å². The Morgan fingerprint density at radius 2 is 1.79 bits per heavy atom. The lowest BCUT2D eigenvalue weighted by atomic mass is 9.97. The van der Waals surface area contributed by atoms with Gasteiger partial charge in [-0.3, -0.25) is 4.98 Å².